The normalized spacial score (nSPS) is 20.2. The van der Waals surface area contributed by atoms with Gasteiger partial charge in [-0.05, 0) is 50.2 Å². The minimum absolute atomic E-state index is 0.0208. The Morgan fingerprint density at radius 2 is 2.15 bits per heavy atom. The van der Waals surface area contributed by atoms with Crippen LogP contribution in [0.25, 0.3) is 0 Å². The molecule has 0 saturated heterocycles. The topological polar surface area (TPSA) is 47.3 Å². The van der Waals surface area contributed by atoms with Crippen LogP contribution in [0.4, 0.5) is 0 Å². The Morgan fingerprint density at radius 1 is 1.40 bits per heavy atom. The van der Waals surface area contributed by atoms with E-state index >= 15 is 0 Å². The molecular weight excluding hydrogens is 248 g/mol. The van der Waals surface area contributed by atoms with Crippen LogP contribution in [-0.4, -0.2) is 12.2 Å². The number of nitrogens with two attached hydrogens (primary N) is 1. The summed E-state index contributed by atoms with van der Waals surface area (Å²) in [7, 11) is 0. The van der Waals surface area contributed by atoms with E-state index in [9.17, 15) is 0 Å². The molecule has 1 aromatic rings. The number of hydrogen-bond donors (Lipinski definition) is 2. The molecule has 0 heterocycles. The van der Waals surface area contributed by atoms with Crippen LogP contribution in [0.2, 0.25) is 0 Å². The SMILES string of the molecule is CCOC(C)(CC)C(NN)c1cccc(C2CCC2)c1. The second-order valence-corrected chi connectivity index (χ2v) is 6.00. The van der Waals surface area contributed by atoms with E-state index in [0.29, 0.717) is 6.61 Å². The summed E-state index contributed by atoms with van der Waals surface area (Å²) in [6.07, 6.45) is 4.92. The maximum absolute atomic E-state index is 5.98. The van der Waals surface area contributed by atoms with E-state index in [2.05, 4.69) is 43.5 Å². The van der Waals surface area contributed by atoms with Crippen molar-refractivity contribution in [1.82, 2.24) is 5.43 Å². The summed E-state index contributed by atoms with van der Waals surface area (Å²) >= 11 is 0. The lowest BCUT2D eigenvalue weighted by Crippen LogP contribution is -2.46. The van der Waals surface area contributed by atoms with Gasteiger partial charge >= 0.3 is 0 Å². The minimum Gasteiger partial charge on any atom is -0.374 e. The first-order chi connectivity index (χ1) is 9.64. The third kappa shape index (κ3) is 3.05. The van der Waals surface area contributed by atoms with Gasteiger partial charge < -0.3 is 4.74 Å². The van der Waals surface area contributed by atoms with Gasteiger partial charge in [0, 0.05) is 6.61 Å². The predicted octanol–water partition coefficient (Wildman–Crippen LogP) is 3.66. The van der Waals surface area contributed by atoms with Crippen LogP contribution < -0.4 is 11.3 Å². The zero-order valence-corrected chi connectivity index (χ0v) is 13.0. The monoisotopic (exact) mass is 276 g/mol. The maximum atomic E-state index is 5.98. The van der Waals surface area contributed by atoms with Gasteiger partial charge in [0.25, 0.3) is 0 Å². The van der Waals surface area contributed by atoms with Crippen LogP contribution in [0.1, 0.15) is 69.5 Å². The summed E-state index contributed by atoms with van der Waals surface area (Å²) < 4.78 is 5.98. The first-order valence-corrected chi connectivity index (χ1v) is 7.84. The number of nitrogens with one attached hydrogen (secondary N) is 1. The summed E-state index contributed by atoms with van der Waals surface area (Å²) in [6.45, 7) is 7.02. The first kappa shape index (κ1) is 15.5. The van der Waals surface area contributed by atoms with E-state index in [1.807, 2.05) is 6.92 Å². The van der Waals surface area contributed by atoms with E-state index in [0.717, 1.165) is 12.3 Å². The van der Waals surface area contributed by atoms with Gasteiger partial charge in [-0.1, -0.05) is 37.6 Å². The summed E-state index contributed by atoms with van der Waals surface area (Å²) in [6, 6.07) is 8.87. The molecule has 0 aromatic heterocycles. The first-order valence-electron chi connectivity index (χ1n) is 7.84. The third-order valence-corrected chi connectivity index (χ3v) is 4.77. The Hall–Kier alpha value is -0.900. The molecule has 1 aliphatic rings. The van der Waals surface area contributed by atoms with E-state index in [1.54, 1.807) is 0 Å². The molecule has 0 spiro atoms. The molecule has 3 nitrogen and oxygen atoms in total. The smallest absolute Gasteiger partial charge is 0.0858 e. The Morgan fingerprint density at radius 3 is 2.65 bits per heavy atom. The zero-order valence-electron chi connectivity index (χ0n) is 13.0. The minimum atomic E-state index is -0.276. The molecule has 3 N–H and O–H groups in total. The van der Waals surface area contributed by atoms with Gasteiger partial charge in [0.05, 0.1) is 11.6 Å². The summed E-state index contributed by atoms with van der Waals surface area (Å²) in [5.74, 6) is 6.58. The standard InChI is InChI=1S/C17H28N2O/c1-4-17(3,20-5-2)16(19-18)15-11-7-10-14(12-15)13-8-6-9-13/h7,10-13,16,19H,4-6,8-9,18H2,1-3H3. The van der Waals surface area contributed by atoms with Crippen LogP contribution in [0.3, 0.4) is 0 Å². The van der Waals surface area contributed by atoms with Gasteiger partial charge in [0.1, 0.15) is 0 Å². The molecule has 2 unspecified atom stereocenters. The van der Waals surface area contributed by atoms with Crippen molar-refractivity contribution in [2.45, 2.75) is 64.0 Å². The molecule has 0 bridgehead atoms. The van der Waals surface area contributed by atoms with Crippen LogP contribution >= 0.6 is 0 Å². The number of hydrazine groups is 1. The molecule has 1 fully saturated rings. The van der Waals surface area contributed by atoms with Gasteiger partial charge in [-0.15, -0.1) is 0 Å². The molecule has 20 heavy (non-hydrogen) atoms. The molecule has 2 rings (SSSR count). The summed E-state index contributed by atoms with van der Waals surface area (Å²) in [5, 5.41) is 0. The van der Waals surface area contributed by atoms with E-state index in [-0.39, 0.29) is 11.6 Å². The lowest BCUT2D eigenvalue weighted by atomic mass is 9.78. The highest BCUT2D eigenvalue weighted by Crippen LogP contribution is 2.38. The highest BCUT2D eigenvalue weighted by Gasteiger charge is 2.34. The lowest BCUT2D eigenvalue weighted by Gasteiger charge is -2.37. The van der Waals surface area contributed by atoms with Crippen LogP contribution in [0.15, 0.2) is 24.3 Å². The second-order valence-electron chi connectivity index (χ2n) is 6.00. The summed E-state index contributed by atoms with van der Waals surface area (Å²) in [4.78, 5) is 0. The van der Waals surface area contributed by atoms with Crippen molar-refractivity contribution >= 4 is 0 Å². The van der Waals surface area contributed by atoms with E-state index in [4.69, 9.17) is 10.6 Å². The van der Waals surface area contributed by atoms with Crippen molar-refractivity contribution in [3.05, 3.63) is 35.4 Å². The number of ether oxygens (including phenoxy) is 1. The van der Waals surface area contributed by atoms with Gasteiger partial charge in [-0.3, -0.25) is 11.3 Å². The highest BCUT2D eigenvalue weighted by atomic mass is 16.5. The average Bonchev–Trinajstić information content (AvgIpc) is 2.38. The third-order valence-electron chi connectivity index (χ3n) is 4.77. The fourth-order valence-electron chi connectivity index (χ4n) is 3.08. The molecule has 1 aromatic carbocycles. The Bertz CT molecular complexity index is 431. The van der Waals surface area contributed by atoms with Crippen molar-refractivity contribution in [3.63, 3.8) is 0 Å². The van der Waals surface area contributed by atoms with Gasteiger partial charge in [0.2, 0.25) is 0 Å². The van der Waals surface area contributed by atoms with Crippen LogP contribution in [0.5, 0.6) is 0 Å². The Labute approximate surface area is 122 Å². The summed E-state index contributed by atoms with van der Waals surface area (Å²) in [5.41, 5.74) is 5.38. The number of hydrogen-bond acceptors (Lipinski definition) is 3. The molecule has 3 heteroatoms. The van der Waals surface area contributed by atoms with Gasteiger partial charge in [-0.2, -0.15) is 0 Å². The van der Waals surface area contributed by atoms with Gasteiger partial charge in [0.15, 0.2) is 0 Å². The Kier molecular flexibility index (Phi) is 5.19. The van der Waals surface area contributed by atoms with Crippen molar-refractivity contribution < 1.29 is 4.74 Å². The molecule has 0 amide bonds. The molecular formula is C17H28N2O. The van der Waals surface area contributed by atoms with Gasteiger partial charge in [-0.25, -0.2) is 0 Å². The molecule has 1 aliphatic carbocycles. The predicted molar refractivity (Wildman–Crippen MR) is 83.4 cm³/mol. The largest absolute Gasteiger partial charge is 0.374 e. The van der Waals surface area contributed by atoms with Crippen molar-refractivity contribution in [3.8, 4) is 0 Å². The second kappa shape index (κ2) is 6.70. The molecule has 0 radical (unpaired) electrons. The highest BCUT2D eigenvalue weighted by molar-refractivity contribution is 5.31. The maximum Gasteiger partial charge on any atom is 0.0858 e. The number of benzene rings is 1. The van der Waals surface area contributed by atoms with E-state index in [1.165, 1.54) is 30.4 Å². The lowest BCUT2D eigenvalue weighted by molar-refractivity contribution is -0.0564. The quantitative estimate of drug-likeness (QED) is 0.590. The van der Waals surface area contributed by atoms with E-state index < -0.39 is 0 Å². The van der Waals surface area contributed by atoms with Crippen molar-refractivity contribution in [1.29, 1.82) is 0 Å². The van der Waals surface area contributed by atoms with Crippen LogP contribution in [-0.2, 0) is 4.74 Å². The Balaban J connectivity index is 2.26. The zero-order chi connectivity index (χ0) is 14.6. The van der Waals surface area contributed by atoms with Crippen molar-refractivity contribution in [2.75, 3.05) is 6.61 Å². The fourth-order valence-corrected chi connectivity index (χ4v) is 3.08. The fraction of sp³-hybridized carbons (Fsp3) is 0.647. The average molecular weight is 276 g/mol. The molecule has 112 valence electrons. The molecule has 0 aliphatic heterocycles. The van der Waals surface area contributed by atoms with Crippen molar-refractivity contribution in [2.24, 2.45) is 5.84 Å². The molecule has 1 saturated carbocycles. The number of rotatable bonds is 7. The molecule has 2 atom stereocenters. The van der Waals surface area contributed by atoms with Crippen LogP contribution in [0, 0.1) is 0 Å².